The van der Waals surface area contributed by atoms with Crippen molar-refractivity contribution in [2.75, 3.05) is 0 Å². The Morgan fingerprint density at radius 3 is 1.81 bits per heavy atom. The molecule has 0 amide bonds. The summed E-state index contributed by atoms with van der Waals surface area (Å²) < 4.78 is 0. The molecule has 3 aromatic carbocycles. The first-order valence-corrected chi connectivity index (χ1v) is 9.09. The van der Waals surface area contributed by atoms with Gasteiger partial charge in [0.1, 0.15) is 6.04 Å². The van der Waals surface area contributed by atoms with Crippen LogP contribution in [0.5, 0.6) is 0 Å². The minimum atomic E-state index is -0.472. The van der Waals surface area contributed by atoms with E-state index in [1.54, 1.807) is 12.1 Å². The molecule has 0 fully saturated rings. The summed E-state index contributed by atoms with van der Waals surface area (Å²) in [5.74, 6) is 0. The average Bonchev–Trinajstić information content (AvgIpc) is 2.65. The van der Waals surface area contributed by atoms with Crippen molar-refractivity contribution in [1.29, 1.82) is 5.26 Å². The van der Waals surface area contributed by atoms with Gasteiger partial charge in [-0.25, -0.2) is 0 Å². The monoisotopic (exact) mass is 380 g/mol. The van der Waals surface area contributed by atoms with Crippen molar-refractivity contribution < 1.29 is 0 Å². The second-order valence-corrected chi connectivity index (χ2v) is 6.92. The van der Waals surface area contributed by atoms with Crippen LogP contribution in [0.4, 0.5) is 0 Å². The summed E-state index contributed by atoms with van der Waals surface area (Å²) in [4.78, 5) is 2.12. The van der Waals surface area contributed by atoms with Gasteiger partial charge in [-0.1, -0.05) is 89.9 Å². The first kappa shape index (κ1) is 18.5. The molecule has 0 saturated carbocycles. The number of benzene rings is 3. The van der Waals surface area contributed by atoms with E-state index in [0.29, 0.717) is 23.1 Å². The highest BCUT2D eigenvalue weighted by molar-refractivity contribution is 6.35. The highest BCUT2D eigenvalue weighted by atomic mass is 35.5. The molecular weight excluding hydrogens is 363 g/mol. The molecule has 3 aromatic rings. The summed E-state index contributed by atoms with van der Waals surface area (Å²) in [7, 11) is 0. The summed E-state index contributed by atoms with van der Waals surface area (Å²) in [6.07, 6.45) is 0. The summed E-state index contributed by atoms with van der Waals surface area (Å²) >= 11 is 12.4. The van der Waals surface area contributed by atoms with E-state index in [0.717, 1.165) is 16.7 Å². The van der Waals surface area contributed by atoms with Gasteiger partial charge < -0.3 is 0 Å². The van der Waals surface area contributed by atoms with Gasteiger partial charge in [-0.2, -0.15) is 5.26 Å². The van der Waals surface area contributed by atoms with Crippen LogP contribution in [0.25, 0.3) is 0 Å². The van der Waals surface area contributed by atoms with Crippen LogP contribution in [0.15, 0.2) is 78.9 Å². The number of hydrogen-bond donors (Lipinski definition) is 0. The number of nitriles is 1. The molecule has 0 aliphatic carbocycles. The van der Waals surface area contributed by atoms with Crippen LogP contribution in [0, 0.1) is 11.3 Å². The highest BCUT2D eigenvalue weighted by Crippen LogP contribution is 2.31. The van der Waals surface area contributed by atoms with E-state index in [2.05, 4.69) is 35.2 Å². The lowest BCUT2D eigenvalue weighted by molar-refractivity contribution is 0.217. The smallest absolute Gasteiger partial charge is 0.125 e. The van der Waals surface area contributed by atoms with Crippen LogP contribution < -0.4 is 0 Å². The Hall–Kier alpha value is -2.31. The molecule has 0 aliphatic rings. The Morgan fingerprint density at radius 1 is 0.808 bits per heavy atom. The zero-order valence-electron chi connectivity index (χ0n) is 14.1. The summed E-state index contributed by atoms with van der Waals surface area (Å²) in [5, 5.41) is 11.0. The predicted octanol–water partition coefficient (Wildman–Crippen LogP) is 6.26. The fraction of sp³-hybridized carbons (Fsp3) is 0.136. The lowest BCUT2D eigenvalue weighted by atomic mass is 10.0. The minimum absolute atomic E-state index is 0.472. The maximum Gasteiger partial charge on any atom is 0.125 e. The minimum Gasteiger partial charge on any atom is -0.276 e. The molecule has 3 rings (SSSR count). The lowest BCUT2D eigenvalue weighted by Gasteiger charge is -2.28. The molecule has 0 N–H and O–H groups in total. The molecule has 0 spiro atoms. The quantitative estimate of drug-likeness (QED) is 0.504. The second-order valence-electron chi connectivity index (χ2n) is 6.07. The standard InChI is InChI=1S/C22H18Cl2N2/c23-19-11-12-20(21(24)13-19)22(14-25)26(15-17-7-3-1-4-8-17)16-18-9-5-2-6-10-18/h1-13,22H,15-16H2. The van der Waals surface area contributed by atoms with Crippen molar-refractivity contribution in [2.45, 2.75) is 19.1 Å². The first-order valence-electron chi connectivity index (χ1n) is 8.34. The topological polar surface area (TPSA) is 27.0 Å². The second kappa shape index (κ2) is 8.87. The normalized spacial score (nSPS) is 11.9. The summed E-state index contributed by atoms with van der Waals surface area (Å²) in [6.45, 7) is 1.29. The number of hydrogen-bond acceptors (Lipinski definition) is 2. The molecule has 0 aromatic heterocycles. The van der Waals surface area contributed by atoms with E-state index in [1.807, 2.05) is 42.5 Å². The Labute approximate surface area is 164 Å². The van der Waals surface area contributed by atoms with Gasteiger partial charge in [0.15, 0.2) is 0 Å². The molecule has 0 saturated heterocycles. The fourth-order valence-electron chi connectivity index (χ4n) is 2.95. The Bertz CT molecular complexity index is 848. The van der Waals surface area contributed by atoms with Gasteiger partial charge in [-0.15, -0.1) is 0 Å². The van der Waals surface area contributed by atoms with Crippen LogP contribution in [0.1, 0.15) is 22.7 Å². The first-order chi connectivity index (χ1) is 12.7. The Balaban J connectivity index is 1.95. The van der Waals surface area contributed by atoms with Crippen LogP contribution in [-0.2, 0) is 13.1 Å². The van der Waals surface area contributed by atoms with Crippen molar-refractivity contribution in [2.24, 2.45) is 0 Å². The Kier molecular flexibility index (Phi) is 6.30. The number of nitrogens with zero attached hydrogens (tertiary/aromatic N) is 2. The molecule has 0 bridgehead atoms. The van der Waals surface area contributed by atoms with Gasteiger partial charge in [0.2, 0.25) is 0 Å². The highest BCUT2D eigenvalue weighted by Gasteiger charge is 2.23. The molecule has 4 heteroatoms. The lowest BCUT2D eigenvalue weighted by Crippen LogP contribution is -2.27. The Morgan fingerprint density at radius 2 is 1.35 bits per heavy atom. The van der Waals surface area contributed by atoms with Crippen molar-refractivity contribution in [3.05, 3.63) is 106 Å². The van der Waals surface area contributed by atoms with E-state index in [-0.39, 0.29) is 0 Å². The van der Waals surface area contributed by atoms with Gasteiger partial charge in [0.25, 0.3) is 0 Å². The summed E-state index contributed by atoms with van der Waals surface area (Å²) in [5.41, 5.74) is 3.06. The predicted molar refractivity (Wildman–Crippen MR) is 107 cm³/mol. The van der Waals surface area contributed by atoms with Gasteiger partial charge in [0, 0.05) is 28.7 Å². The number of rotatable bonds is 6. The van der Waals surface area contributed by atoms with Crippen molar-refractivity contribution in [3.63, 3.8) is 0 Å². The summed E-state index contributed by atoms with van der Waals surface area (Å²) in [6, 6.07) is 27.5. The van der Waals surface area contributed by atoms with Gasteiger partial charge in [-0.3, -0.25) is 4.90 Å². The molecule has 1 atom stereocenters. The van der Waals surface area contributed by atoms with Crippen LogP contribution in [-0.4, -0.2) is 4.90 Å². The SMILES string of the molecule is N#CC(c1ccc(Cl)cc1Cl)N(Cc1ccccc1)Cc1ccccc1. The van der Waals surface area contributed by atoms with Crippen LogP contribution >= 0.6 is 23.2 Å². The third kappa shape index (κ3) is 4.65. The van der Waals surface area contributed by atoms with Gasteiger partial charge in [0.05, 0.1) is 6.07 Å². The van der Waals surface area contributed by atoms with E-state index >= 15 is 0 Å². The largest absolute Gasteiger partial charge is 0.276 e. The average molecular weight is 381 g/mol. The zero-order chi connectivity index (χ0) is 18.4. The van der Waals surface area contributed by atoms with Crippen LogP contribution in [0.2, 0.25) is 10.0 Å². The maximum absolute atomic E-state index is 9.92. The molecule has 0 aliphatic heterocycles. The van der Waals surface area contributed by atoms with Crippen molar-refractivity contribution in [1.82, 2.24) is 4.90 Å². The third-order valence-electron chi connectivity index (χ3n) is 4.20. The molecular formula is C22H18Cl2N2. The van der Waals surface area contributed by atoms with E-state index < -0.39 is 6.04 Å². The van der Waals surface area contributed by atoms with E-state index in [4.69, 9.17) is 23.2 Å². The van der Waals surface area contributed by atoms with Crippen LogP contribution in [0.3, 0.4) is 0 Å². The molecule has 2 nitrogen and oxygen atoms in total. The fourth-order valence-corrected chi connectivity index (χ4v) is 3.46. The van der Waals surface area contributed by atoms with Gasteiger partial charge in [-0.05, 0) is 23.3 Å². The molecule has 130 valence electrons. The molecule has 1 unspecified atom stereocenters. The van der Waals surface area contributed by atoms with E-state index in [9.17, 15) is 5.26 Å². The third-order valence-corrected chi connectivity index (χ3v) is 4.76. The van der Waals surface area contributed by atoms with Gasteiger partial charge >= 0.3 is 0 Å². The van der Waals surface area contributed by atoms with Crippen molar-refractivity contribution >= 4 is 23.2 Å². The molecule has 0 heterocycles. The van der Waals surface area contributed by atoms with Crippen molar-refractivity contribution in [3.8, 4) is 6.07 Å². The molecule has 26 heavy (non-hydrogen) atoms. The zero-order valence-corrected chi connectivity index (χ0v) is 15.7. The maximum atomic E-state index is 9.92. The van der Waals surface area contributed by atoms with E-state index in [1.165, 1.54) is 0 Å². The molecule has 0 radical (unpaired) electrons. The number of halogens is 2.